The number of nitrogens with zero attached hydrogens (tertiary/aromatic N) is 4. The van der Waals surface area contributed by atoms with Crippen molar-refractivity contribution in [1.29, 1.82) is 0 Å². The minimum absolute atomic E-state index is 0.0711. The minimum Gasteiger partial charge on any atom is -0.276 e. The average molecular weight is 279 g/mol. The quantitative estimate of drug-likeness (QED) is 0.784. The molecule has 0 fully saturated rings. The molecule has 2 heterocycles. The molecule has 0 bridgehead atoms. The first-order valence-electron chi connectivity index (χ1n) is 5.64. The number of rotatable bonds is 2. The second-order valence-corrected chi connectivity index (χ2v) is 4.03. The van der Waals surface area contributed by atoms with E-state index in [0.717, 1.165) is 10.7 Å². The Morgan fingerprint density at radius 1 is 1.10 bits per heavy atom. The molecule has 0 radical (unpaired) electrons. The van der Waals surface area contributed by atoms with Gasteiger partial charge < -0.3 is 0 Å². The van der Waals surface area contributed by atoms with E-state index in [0.29, 0.717) is 11.4 Å². The standard InChI is InChI=1S/C12H8F3N5/c13-12(14,15)8-3-1-2-4-11(8)20-7-10(18-19-20)9-5-6-16-17-9/h1-7H,(H,16,17). The van der Waals surface area contributed by atoms with Crippen LogP contribution in [0.3, 0.4) is 0 Å². The number of alkyl halides is 3. The molecule has 1 N–H and O–H groups in total. The number of aromatic nitrogens is 5. The fourth-order valence-electron chi connectivity index (χ4n) is 1.82. The van der Waals surface area contributed by atoms with Crippen molar-refractivity contribution in [2.45, 2.75) is 6.18 Å². The highest BCUT2D eigenvalue weighted by Crippen LogP contribution is 2.33. The summed E-state index contributed by atoms with van der Waals surface area (Å²) >= 11 is 0. The van der Waals surface area contributed by atoms with E-state index in [-0.39, 0.29) is 5.69 Å². The normalized spacial score (nSPS) is 11.8. The van der Waals surface area contributed by atoms with Crippen LogP contribution in [0, 0.1) is 0 Å². The molecule has 8 heteroatoms. The molecule has 0 aliphatic rings. The summed E-state index contributed by atoms with van der Waals surface area (Å²) in [6.07, 6.45) is -1.51. The summed E-state index contributed by atoms with van der Waals surface area (Å²) in [5.41, 5.74) is 0.166. The molecule has 3 aromatic rings. The van der Waals surface area contributed by atoms with Crippen LogP contribution in [0.15, 0.2) is 42.7 Å². The van der Waals surface area contributed by atoms with Gasteiger partial charge in [-0.05, 0) is 18.2 Å². The van der Waals surface area contributed by atoms with Crippen molar-refractivity contribution in [1.82, 2.24) is 25.2 Å². The van der Waals surface area contributed by atoms with Crippen LogP contribution in [0.4, 0.5) is 13.2 Å². The maximum atomic E-state index is 12.9. The largest absolute Gasteiger partial charge is 0.418 e. The summed E-state index contributed by atoms with van der Waals surface area (Å²) in [5.74, 6) is 0. The van der Waals surface area contributed by atoms with Gasteiger partial charge >= 0.3 is 6.18 Å². The van der Waals surface area contributed by atoms with Crippen LogP contribution in [0.25, 0.3) is 17.1 Å². The molecule has 0 unspecified atom stereocenters. The Morgan fingerprint density at radius 2 is 1.90 bits per heavy atom. The Hall–Kier alpha value is -2.64. The highest BCUT2D eigenvalue weighted by molar-refractivity contribution is 5.53. The van der Waals surface area contributed by atoms with Gasteiger partial charge in [-0.1, -0.05) is 17.3 Å². The molecule has 5 nitrogen and oxygen atoms in total. The zero-order chi connectivity index (χ0) is 14.2. The third kappa shape index (κ3) is 2.15. The number of para-hydroxylation sites is 1. The monoisotopic (exact) mass is 279 g/mol. The van der Waals surface area contributed by atoms with Crippen molar-refractivity contribution in [2.75, 3.05) is 0 Å². The van der Waals surface area contributed by atoms with E-state index in [2.05, 4.69) is 20.5 Å². The predicted octanol–water partition coefficient (Wildman–Crippen LogP) is 2.68. The molecule has 2 aromatic heterocycles. The van der Waals surface area contributed by atoms with Gasteiger partial charge in [0.2, 0.25) is 0 Å². The van der Waals surface area contributed by atoms with Gasteiger partial charge in [-0.3, -0.25) is 5.10 Å². The topological polar surface area (TPSA) is 59.4 Å². The van der Waals surface area contributed by atoms with Gasteiger partial charge in [0.25, 0.3) is 0 Å². The van der Waals surface area contributed by atoms with E-state index in [1.165, 1.54) is 30.6 Å². The van der Waals surface area contributed by atoms with Crippen LogP contribution < -0.4 is 0 Å². The summed E-state index contributed by atoms with van der Waals surface area (Å²) < 4.78 is 39.9. The SMILES string of the molecule is FC(F)(F)c1ccccc1-n1cc(-c2ccn[nH]2)nn1. The van der Waals surface area contributed by atoms with Crippen molar-refractivity contribution in [2.24, 2.45) is 0 Å². The van der Waals surface area contributed by atoms with Crippen molar-refractivity contribution in [3.05, 3.63) is 48.3 Å². The maximum absolute atomic E-state index is 12.9. The van der Waals surface area contributed by atoms with Gasteiger partial charge in [0.05, 0.1) is 23.1 Å². The molecule has 3 rings (SSSR count). The Morgan fingerprint density at radius 3 is 2.60 bits per heavy atom. The van der Waals surface area contributed by atoms with E-state index in [9.17, 15) is 13.2 Å². The Labute approximate surface area is 111 Å². The lowest BCUT2D eigenvalue weighted by molar-refractivity contribution is -0.137. The molecule has 0 atom stereocenters. The zero-order valence-electron chi connectivity index (χ0n) is 9.96. The third-order valence-corrected chi connectivity index (χ3v) is 2.73. The highest BCUT2D eigenvalue weighted by atomic mass is 19.4. The molecule has 0 saturated heterocycles. The summed E-state index contributed by atoms with van der Waals surface area (Å²) in [7, 11) is 0. The predicted molar refractivity (Wildman–Crippen MR) is 63.9 cm³/mol. The molecule has 0 spiro atoms. The second kappa shape index (κ2) is 4.48. The van der Waals surface area contributed by atoms with E-state index in [4.69, 9.17) is 0 Å². The molecule has 0 amide bonds. The first-order chi connectivity index (χ1) is 9.55. The Balaban J connectivity index is 2.07. The molecule has 0 saturated carbocycles. The number of hydrogen-bond donors (Lipinski definition) is 1. The maximum Gasteiger partial charge on any atom is 0.418 e. The third-order valence-electron chi connectivity index (χ3n) is 2.73. The summed E-state index contributed by atoms with van der Waals surface area (Å²) in [6.45, 7) is 0. The highest BCUT2D eigenvalue weighted by Gasteiger charge is 2.34. The first-order valence-corrected chi connectivity index (χ1v) is 5.64. The fourth-order valence-corrected chi connectivity index (χ4v) is 1.82. The fraction of sp³-hybridized carbons (Fsp3) is 0.0833. The lowest BCUT2D eigenvalue weighted by Gasteiger charge is -2.11. The minimum atomic E-state index is -4.45. The van der Waals surface area contributed by atoms with Gasteiger partial charge in [0.15, 0.2) is 0 Å². The Bertz CT molecular complexity index is 715. The summed E-state index contributed by atoms with van der Waals surface area (Å²) in [4.78, 5) is 0. The summed E-state index contributed by atoms with van der Waals surface area (Å²) in [6, 6.07) is 6.85. The van der Waals surface area contributed by atoms with E-state index in [1.54, 1.807) is 6.07 Å². The van der Waals surface area contributed by atoms with E-state index < -0.39 is 11.7 Å². The van der Waals surface area contributed by atoms with Gasteiger partial charge in [-0.15, -0.1) is 5.10 Å². The molecule has 1 aromatic carbocycles. The average Bonchev–Trinajstić information content (AvgIpc) is 3.09. The van der Waals surface area contributed by atoms with Gasteiger partial charge in [-0.25, -0.2) is 4.68 Å². The second-order valence-electron chi connectivity index (χ2n) is 4.03. The van der Waals surface area contributed by atoms with Gasteiger partial charge in [0, 0.05) is 6.20 Å². The van der Waals surface area contributed by atoms with Gasteiger partial charge in [-0.2, -0.15) is 18.3 Å². The lowest BCUT2D eigenvalue weighted by atomic mass is 10.1. The molecule has 0 aliphatic heterocycles. The number of aromatic amines is 1. The van der Waals surface area contributed by atoms with Crippen LogP contribution in [0.5, 0.6) is 0 Å². The smallest absolute Gasteiger partial charge is 0.276 e. The van der Waals surface area contributed by atoms with Gasteiger partial charge in [0.1, 0.15) is 5.69 Å². The lowest BCUT2D eigenvalue weighted by Crippen LogP contribution is -2.10. The van der Waals surface area contributed by atoms with Crippen LogP contribution in [-0.2, 0) is 6.18 Å². The number of benzene rings is 1. The number of hydrogen-bond acceptors (Lipinski definition) is 3. The number of halogens is 3. The molecular weight excluding hydrogens is 271 g/mol. The van der Waals surface area contributed by atoms with Crippen molar-refractivity contribution in [3.63, 3.8) is 0 Å². The number of H-pyrrole nitrogens is 1. The van der Waals surface area contributed by atoms with Crippen molar-refractivity contribution >= 4 is 0 Å². The zero-order valence-corrected chi connectivity index (χ0v) is 9.96. The Kier molecular flexibility index (Phi) is 2.78. The van der Waals surface area contributed by atoms with Crippen LogP contribution in [0.1, 0.15) is 5.56 Å². The van der Waals surface area contributed by atoms with Crippen LogP contribution in [0.2, 0.25) is 0 Å². The van der Waals surface area contributed by atoms with E-state index >= 15 is 0 Å². The molecule has 20 heavy (non-hydrogen) atoms. The van der Waals surface area contributed by atoms with E-state index in [1.807, 2.05) is 0 Å². The number of nitrogens with one attached hydrogen (secondary N) is 1. The molecule has 0 aliphatic carbocycles. The summed E-state index contributed by atoms with van der Waals surface area (Å²) in [5, 5.41) is 14.0. The van der Waals surface area contributed by atoms with Crippen LogP contribution >= 0.6 is 0 Å². The molecule has 102 valence electrons. The first kappa shape index (κ1) is 12.4. The van der Waals surface area contributed by atoms with Crippen molar-refractivity contribution < 1.29 is 13.2 Å². The van der Waals surface area contributed by atoms with Crippen LogP contribution in [-0.4, -0.2) is 25.2 Å². The molecular formula is C12H8F3N5. The van der Waals surface area contributed by atoms with Crippen molar-refractivity contribution in [3.8, 4) is 17.1 Å².